The number of para-hydroxylation sites is 1. The van der Waals surface area contributed by atoms with E-state index in [9.17, 15) is 8.42 Å². The zero-order chi connectivity index (χ0) is 16.2. The highest BCUT2D eigenvalue weighted by atomic mass is 32.2. The van der Waals surface area contributed by atoms with Crippen LogP contribution in [0.3, 0.4) is 0 Å². The fraction of sp³-hybridized carbons (Fsp3) is 0.429. The maximum Gasteiger partial charge on any atom is 0.301 e. The summed E-state index contributed by atoms with van der Waals surface area (Å²) in [4.78, 5) is 4.25. The average molecular weight is 323 g/mol. The van der Waals surface area contributed by atoms with E-state index in [1.165, 1.54) is 4.31 Å². The van der Waals surface area contributed by atoms with Gasteiger partial charge in [-0.05, 0) is 25.5 Å². The summed E-state index contributed by atoms with van der Waals surface area (Å²) in [5.41, 5.74) is 1.10. The van der Waals surface area contributed by atoms with Gasteiger partial charge in [-0.15, -0.1) is 0 Å². The molecular weight excluding hydrogens is 302 g/mol. The third-order valence-electron chi connectivity index (χ3n) is 3.24. The molecule has 2 rings (SSSR count). The summed E-state index contributed by atoms with van der Waals surface area (Å²) in [6.07, 6.45) is 1.76. The van der Waals surface area contributed by atoms with E-state index >= 15 is 0 Å². The lowest BCUT2D eigenvalue weighted by molar-refractivity contribution is 0.463. The molecule has 1 aromatic heterocycles. The second-order valence-electron chi connectivity index (χ2n) is 5.07. The van der Waals surface area contributed by atoms with Crippen molar-refractivity contribution in [2.24, 2.45) is 0 Å². The third-order valence-corrected chi connectivity index (χ3v) is 4.72. The van der Waals surface area contributed by atoms with Crippen molar-refractivity contribution in [1.82, 2.24) is 19.5 Å². The highest BCUT2D eigenvalue weighted by Gasteiger charge is 2.19. The molecule has 0 radical (unpaired) electrons. The van der Waals surface area contributed by atoms with Crippen LogP contribution in [-0.4, -0.2) is 41.5 Å². The first kappa shape index (κ1) is 16.4. The van der Waals surface area contributed by atoms with Crippen molar-refractivity contribution < 1.29 is 8.42 Å². The van der Waals surface area contributed by atoms with Crippen LogP contribution in [0.2, 0.25) is 0 Å². The summed E-state index contributed by atoms with van der Waals surface area (Å²) in [6.45, 7) is 4.30. The molecule has 0 aliphatic carbocycles. The normalized spacial score (nSPS) is 11.8. The minimum atomic E-state index is -3.59. The molecule has 2 aromatic rings. The predicted octanol–water partition coefficient (Wildman–Crippen LogP) is 2.17. The Bertz CT molecular complexity index is 726. The number of benzene rings is 1. The Morgan fingerprint density at radius 2 is 2.05 bits per heavy atom. The van der Waals surface area contributed by atoms with Crippen molar-refractivity contribution in [3.63, 3.8) is 0 Å². The minimum Gasteiger partial charge on any atom is -0.270 e. The van der Waals surface area contributed by atoms with Gasteiger partial charge in [-0.3, -0.25) is 9.82 Å². The van der Waals surface area contributed by atoms with Gasteiger partial charge in [0.05, 0.1) is 5.69 Å². The second-order valence-corrected chi connectivity index (χ2v) is 6.85. The molecule has 2 N–H and O–H groups in total. The van der Waals surface area contributed by atoms with Gasteiger partial charge < -0.3 is 0 Å². The Morgan fingerprint density at radius 3 is 2.68 bits per heavy atom. The number of aromatic nitrogens is 3. The zero-order valence-corrected chi connectivity index (χ0v) is 13.8. The molecule has 0 saturated carbocycles. The fourth-order valence-electron chi connectivity index (χ4n) is 1.95. The van der Waals surface area contributed by atoms with Crippen molar-refractivity contribution >= 4 is 15.9 Å². The number of rotatable bonds is 7. The van der Waals surface area contributed by atoms with Gasteiger partial charge in [-0.1, -0.05) is 25.5 Å². The van der Waals surface area contributed by atoms with Crippen LogP contribution < -0.4 is 4.72 Å². The Morgan fingerprint density at radius 1 is 1.32 bits per heavy atom. The van der Waals surface area contributed by atoms with Crippen molar-refractivity contribution in [3.8, 4) is 11.4 Å². The molecule has 8 heteroatoms. The van der Waals surface area contributed by atoms with Gasteiger partial charge in [-0.2, -0.15) is 17.8 Å². The number of unbranched alkanes of at least 4 members (excludes halogenated alkanes) is 1. The van der Waals surface area contributed by atoms with Gasteiger partial charge in [0.2, 0.25) is 0 Å². The summed E-state index contributed by atoms with van der Waals surface area (Å²) >= 11 is 0. The number of hydrogen-bond acceptors (Lipinski definition) is 4. The molecule has 0 fully saturated rings. The first-order valence-corrected chi connectivity index (χ1v) is 8.60. The van der Waals surface area contributed by atoms with Gasteiger partial charge in [0.25, 0.3) is 0 Å². The highest BCUT2D eigenvalue weighted by molar-refractivity contribution is 7.90. The molecule has 0 unspecified atom stereocenters. The van der Waals surface area contributed by atoms with Crippen molar-refractivity contribution in [1.29, 1.82) is 0 Å². The SMILES string of the molecule is CCCCN(C)S(=O)(=O)Nc1ccccc1-c1n[nH]c(C)n1. The van der Waals surface area contributed by atoms with E-state index in [4.69, 9.17) is 0 Å². The molecule has 0 bridgehead atoms. The first-order valence-electron chi connectivity index (χ1n) is 7.16. The molecule has 22 heavy (non-hydrogen) atoms. The lowest BCUT2D eigenvalue weighted by atomic mass is 10.2. The van der Waals surface area contributed by atoms with Crippen LogP contribution in [0.15, 0.2) is 24.3 Å². The Kier molecular flexibility index (Phi) is 5.15. The van der Waals surface area contributed by atoms with E-state index in [-0.39, 0.29) is 0 Å². The largest absolute Gasteiger partial charge is 0.301 e. The van der Waals surface area contributed by atoms with Crippen LogP contribution in [0.1, 0.15) is 25.6 Å². The monoisotopic (exact) mass is 323 g/mol. The summed E-state index contributed by atoms with van der Waals surface area (Å²) in [5.74, 6) is 1.14. The topological polar surface area (TPSA) is 91.0 Å². The molecule has 0 saturated heterocycles. The highest BCUT2D eigenvalue weighted by Crippen LogP contribution is 2.26. The number of aryl methyl sites for hydroxylation is 1. The summed E-state index contributed by atoms with van der Waals surface area (Å²) in [7, 11) is -2.02. The van der Waals surface area contributed by atoms with Gasteiger partial charge >= 0.3 is 10.2 Å². The van der Waals surface area contributed by atoms with Crippen LogP contribution in [0, 0.1) is 6.92 Å². The Hall–Kier alpha value is -1.93. The quantitative estimate of drug-likeness (QED) is 0.817. The first-order chi connectivity index (χ1) is 10.4. The minimum absolute atomic E-state index is 0.463. The van der Waals surface area contributed by atoms with Crippen LogP contribution in [0.5, 0.6) is 0 Å². The van der Waals surface area contributed by atoms with Gasteiger partial charge in [0.1, 0.15) is 5.82 Å². The molecule has 0 atom stereocenters. The Labute approximate surface area is 131 Å². The number of H-pyrrole nitrogens is 1. The van der Waals surface area contributed by atoms with E-state index in [1.54, 1.807) is 32.2 Å². The van der Waals surface area contributed by atoms with Crippen molar-refractivity contribution in [3.05, 3.63) is 30.1 Å². The maximum atomic E-state index is 12.4. The van der Waals surface area contributed by atoms with E-state index in [0.29, 0.717) is 29.4 Å². The predicted molar refractivity (Wildman–Crippen MR) is 86.6 cm³/mol. The van der Waals surface area contributed by atoms with E-state index in [2.05, 4.69) is 19.9 Å². The van der Waals surface area contributed by atoms with Crippen LogP contribution in [0.4, 0.5) is 5.69 Å². The van der Waals surface area contributed by atoms with Crippen LogP contribution in [-0.2, 0) is 10.2 Å². The third kappa shape index (κ3) is 3.83. The number of nitrogens with zero attached hydrogens (tertiary/aromatic N) is 3. The van der Waals surface area contributed by atoms with E-state index in [1.807, 2.05) is 13.0 Å². The van der Waals surface area contributed by atoms with E-state index in [0.717, 1.165) is 12.8 Å². The smallest absolute Gasteiger partial charge is 0.270 e. The lowest BCUT2D eigenvalue weighted by Crippen LogP contribution is -2.33. The zero-order valence-electron chi connectivity index (χ0n) is 13.0. The molecule has 1 aromatic carbocycles. The molecule has 120 valence electrons. The van der Waals surface area contributed by atoms with E-state index < -0.39 is 10.2 Å². The summed E-state index contributed by atoms with van der Waals surface area (Å²) < 4.78 is 28.6. The van der Waals surface area contributed by atoms with Gasteiger partial charge in [0, 0.05) is 19.2 Å². The molecule has 0 spiro atoms. The van der Waals surface area contributed by atoms with Gasteiger partial charge in [0.15, 0.2) is 5.82 Å². The summed E-state index contributed by atoms with van der Waals surface area (Å²) in [5, 5.41) is 6.85. The lowest BCUT2D eigenvalue weighted by Gasteiger charge is -2.19. The van der Waals surface area contributed by atoms with Crippen molar-refractivity contribution in [2.75, 3.05) is 18.3 Å². The number of aromatic amines is 1. The second kappa shape index (κ2) is 6.89. The molecule has 0 aliphatic heterocycles. The standard InChI is InChI=1S/C14H21N5O2S/c1-4-5-10-19(3)22(20,21)18-13-9-7-6-8-12(13)14-15-11(2)16-17-14/h6-9,18H,4-5,10H2,1-3H3,(H,15,16,17). The average Bonchev–Trinajstić information content (AvgIpc) is 2.91. The number of nitrogens with one attached hydrogen (secondary N) is 2. The number of hydrogen-bond donors (Lipinski definition) is 2. The Balaban J connectivity index is 2.27. The van der Waals surface area contributed by atoms with Crippen LogP contribution in [0.25, 0.3) is 11.4 Å². The van der Waals surface area contributed by atoms with Crippen LogP contribution >= 0.6 is 0 Å². The molecule has 1 heterocycles. The summed E-state index contributed by atoms with van der Waals surface area (Å²) in [6, 6.07) is 7.07. The molecular formula is C14H21N5O2S. The molecule has 0 aliphatic rings. The molecule has 0 amide bonds. The van der Waals surface area contributed by atoms with Gasteiger partial charge in [-0.25, -0.2) is 4.98 Å². The fourth-order valence-corrected chi connectivity index (χ4v) is 2.93. The maximum absolute atomic E-state index is 12.4. The van der Waals surface area contributed by atoms with Crippen molar-refractivity contribution in [2.45, 2.75) is 26.7 Å². The molecule has 7 nitrogen and oxygen atoms in total. The number of anilines is 1.